The third-order valence-corrected chi connectivity index (χ3v) is 5.47. The van der Waals surface area contributed by atoms with Crippen molar-refractivity contribution in [1.82, 2.24) is 0 Å². The lowest BCUT2D eigenvalue weighted by atomic mass is 10.0. The van der Waals surface area contributed by atoms with E-state index in [1.54, 1.807) is 0 Å². The Morgan fingerprint density at radius 1 is 1.41 bits per heavy atom. The Labute approximate surface area is 126 Å². The van der Waals surface area contributed by atoms with Crippen LogP contribution in [0.15, 0.2) is 23.1 Å². The first-order chi connectivity index (χ1) is 10.2. The van der Waals surface area contributed by atoms with Crippen LogP contribution in [0.4, 0.5) is 20.2 Å². The van der Waals surface area contributed by atoms with Crippen LogP contribution in [0.3, 0.4) is 0 Å². The fourth-order valence-electron chi connectivity index (χ4n) is 2.21. The first-order valence-electron chi connectivity index (χ1n) is 6.76. The SMILES string of the molecule is CCC1(CNc2ccc(S(=O)(=O)C(F)F)cc2[N+](=O)[O-])CC1. The second kappa shape index (κ2) is 5.79. The molecule has 122 valence electrons. The highest BCUT2D eigenvalue weighted by molar-refractivity contribution is 7.91. The third-order valence-electron chi connectivity index (χ3n) is 4.09. The lowest BCUT2D eigenvalue weighted by Crippen LogP contribution is -2.16. The molecule has 1 aromatic rings. The van der Waals surface area contributed by atoms with E-state index in [2.05, 4.69) is 5.32 Å². The number of nitro benzene ring substituents is 1. The van der Waals surface area contributed by atoms with E-state index in [1.165, 1.54) is 6.07 Å². The first kappa shape index (κ1) is 16.6. The Morgan fingerprint density at radius 2 is 2.05 bits per heavy atom. The Morgan fingerprint density at radius 3 is 2.50 bits per heavy atom. The molecule has 1 aliphatic carbocycles. The molecule has 0 saturated heterocycles. The smallest absolute Gasteiger partial charge is 0.341 e. The van der Waals surface area contributed by atoms with Gasteiger partial charge in [-0.2, -0.15) is 8.78 Å². The summed E-state index contributed by atoms with van der Waals surface area (Å²) in [7, 11) is -4.85. The lowest BCUT2D eigenvalue weighted by molar-refractivity contribution is -0.384. The molecule has 0 radical (unpaired) electrons. The van der Waals surface area contributed by atoms with Gasteiger partial charge in [0.1, 0.15) is 5.69 Å². The monoisotopic (exact) mass is 334 g/mol. The number of nitro groups is 1. The number of benzene rings is 1. The average molecular weight is 334 g/mol. The quantitative estimate of drug-likeness (QED) is 0.611. The van der Waals surface area contributed by atoms with Crippen LogP contribution >= 0.6 is 0 Å². The highest BCUT2D eigenvalue weighted by Crippen LogP contribution is 2.48. The minimum Gasteiger partial charge on any atom is -0.379 e. The maximum absolute atomic E-state index is 12.5. The highest BCUT2D eigenvalue weighted by Gasteiger charge is 2.40. The van der Waals surface area contributed by atoms with E-state index in [0.717, 1.165) is 25.3 Å². The minimum absolute atomic E-state index is 0.127. The van der Waals surface area contributed by atoms with E-state index in [-0.39, 0.29) is 11.1 Å². The van der Waals surface area contributed by atoms with E-state index in [9.17, 15) is 27.3 Å². The summed E-state index contributed by atoms with van der Waals surface area (Å²) in [4.78, 5) is 9.53. The van der Waals surface area contributed by atoms with E-state index in [1.807, 2.05) is 6.92 Å². The highest BCUT2D eigenvalue weighted by atomic mass is 32.2. The molecule has 0 aromatic heterocycles. The van der Waals surface area contributed by atoms with Gasteiger partial charge in [0.25, 0.3) is 5.69 Å². The van der Waals surface area contributed by atoms with Crippen molar-refractivity contribution >= 4 is 21.2 Å². The fourth-order valence-corrected chi connectivity index (χ4v) is 2.95. The summed E-state index contributed by atoms with van der Waals surface area (Å²) < 4.78 is 47.8. The van der Waals surface area contributed by atoms with Crippen LogP contribution < -0.4 is 5.32 Å². The second-order valence-corrected chi connectivity index (χ2v) is 7.37. The van der Waals surface area contributed by atoms with Crippen LogP contribution in [0.25, 0.3) is 0 Å². The normalized spacial score (nSPS) is 16.5. The molecule has 0 spiro atoms. The zero-order chi connectivity index (χ0) is 16.5. The molecule has 1 N–H and O–H groups in total. The van der Waals surface area contributed by atoms with Crippen molar-refractivity contribution in [3.05, 3.63) is 28.3 Å². The van der Waals surface area contributed by atoms with Crippen molar-refractivity contribution < 1.29 is 22.1 Å². The second-order valence-electron chi connectivity index (χ2n) is 5.45. The predicted molar refractivity (Wildman–Crippen MR) is 76.7 cm³/mol. The van der Waals surface area contributed by atoms with Crippen LogP contribution in [0, 0.1) is 15.5 Å². The lowest BCUT2D eigenvalue weighted by Gasteiger charge is -2.15. The van der Waals surface area contributed by atoms with Gasteiger partial charge in [0.2, 0.25) is 9.84 Å². The Bertz CT molecular complexity index is 687. The molecule has 1 saturated carbocycles. The van der Waals surface area contributed by atoms with Crippen LogP contribution in [-0.4, -0.2) is 25.6 Å². The van der Waals surface area contributed by atoms with Crippen molar-refractivity contribution in [3.63, 3.8) is 0 Å². The predicted octanol–water partition coefficient (Wildman–Crippen LogP) is 3.19. The van der Waals surface area contributed by atoms with Gasteiger partial charge in [0.15, 0.2) is 0 Å². The van der Waals surface area contributed by atoms with Gasteiger partial charge in [-0.05, 0) is 36.8 Å². The molecule has 0 unspecified atom stereocenters. The van der Waals surface area contributed by atoms with Crippen LogP contribution in [0.5, 0.6) is 0 Å². The summed E-state index contributed by atoms with van der Waals surface area (Å²) in [5.41, 5.74) is -0.256. The summed E-state index contributed by atoms with van der Waals surface area (Å²) in [6.45, 7) is 2.56. The maximum Gasteiger partial charge on any atom is 0.341 e. The van der Waals surface area contributed by atoms with Crippen molar-refractivity contribution in [1.29, 1.82) is 0 Å². The van der Waals surface area contributed by atoms with E-state index in [4.69, 9.17) is 0 Å². The van der Waals surface area contributed by atoms with Crippen LogP contribution in [-0.2, 0) is 9.84 Å². The molecule has 9 heteroatoms. The molecule has 1 aliphatic rings. The summed E-state index contributed by atoms with van der Waals surface area (Å²) >= 11 is 0. The Hall–Kier alpha value is -1.77. The summed E-state index contributed by atoms with van der Waals surface area (Å²) in [6.07, 6.45) is 3.00. The molecular weight excluding hydrogens is 318 g/mol. The van der Waals surface area contributed by atoms with E-state index in [0.29, 0.717) is 12.6 Å². The number of alkyl halides is 2. The van der Waals surface area contributed by atoms with Gasteiger partial charge >= 0.3 is 5.76 Å². The number of nitrogens with zero attached hydrogens (tertiary/aromatic N) is 1. The van der Waals surface area contributed by atoms with Crippen LogP contribution in [0.1, 0.15) is 26.2 Å². The molecule has 1 fully saturated rings. The van der Waals surface area contributed by atoms with E-state index < -0.39 is 31.1 Å². The number of anilines is 1. The molecule has 22 heavy (non-hydrogen) atoms. The Balaban J connectivity index is 2.30. The molecule has 0 heterocycles. The summed E-state index contributed by atoms with van der Waals surface area (Å²) in [5, 5.41) is 14.0. The molecule has 0 bridgehead atoms. The van der Waals surface area contributed by atoms with Crippen molar-refractivity contribution in [3.8, 4) is 0 Å². The van der Waals surface area contributed by atoms with Crippen molar-refractivity contribution in [2.45, 2.75) is 36.8 Å². The standard InChI is InChI=1S/C13H16F2N2O4S/c1-2-13(5-6-13)8-16-10-4-3-9(7-11(10)17(18)19)22(20,21)12(14)15/h3-4,7,12,16H,2,5-6,8H2,1H3. The Kier molecular flexibility index (Phi) is 4.37. The van der Waals surface area contributed by atoms with Gasteiger partial charge < -0.3 is 5.32 Å². The fraction of sp³-hybridized carbons (Fsp3) is 0.538. The van der Waals surface area contributed by atoms with Gasteiger partial charge in [-0.3, -0.25) is 10.1 Å². The molecule has 6 nitrogen and oxygen atoms in total. The largest absolute Gasteiger partial charge is 0.379 e. The maximum atomic E-state index is 12.5. The molecule has 0 aliphatic heterocycles. The number of nitrogens with one attached hydrogen (secondary N) is 1. The van der Waals surface area contributed by atoms with Gasteiger partial charge in [0.05, 0.1) is 9.82 Å². The van der Waals surface area contributed by atoms with Crippen LogP contribution in [0.2, 0.25) is 0 Å². The number of sulfone groups is 1. The molecule has 1 aromatic carbocycles. The van der Waals surface area contributed by atoms with E-state index >= 15 is 0 Å². The molecule has 0 amide bonds. The average Bonchev–Trinajstić information content (AvgIpc) is 3.25. The summed E-state index contributed by atoms with van der Waals surface area (Å²) in [6, 6.07) is 2.80. The zero-order valence-electron chi connectivity index (χ0n) is 11.9. The van der Waals surface area contributed by atoms with Crippen molar-refractivity contribution in [2.24, 2.45) is 5.41 Å². The molecule has 0 atom stereocenters. The number of hydrogen-bond donors (Lipinski definition) is 1. The first-order valence-corrected chi connectivity index (χ1v) is 8.31. The molecule has 2 rings (SSSR count). The zero-order valence-corrected chi connectivity index (χ0v) is 12.7. The topological polar surface area (TPSA) is 89.3 Å². The number of rotatable bonds is 7. The third kappa shape index (κ3) is 3.18. The number of hydrogen-bond acceptors (Lipinski definition) is 5. The van der Waals surface area contributed by atoms with Gasteiger partial charge in [-0.15, -0.1) is 0 Å². The molecular formula is C13H16F2N2O4S. The number of halogens is 2. The van der Waals surface area contributed by atoms with Gasteiger partial charge in [-0.1, -0.05) is 6.92 Å². The van der Waals surface area contributed by atoms with Gasteiger partial charge in [0, 0.05) is 12.6 Å². The minimum atomic E-state index is -4.85. The van der Waals surface area contributed by atoms with Crippen molar-refractivity contribution in [2.75, 3.05) is 11.9 Å². The van der Waals surface area contributed by atoms with Gasteiger partial charge in [-0.25, -0.2) is 8.42 Å². The summed E-state index contributed by atoms with van der Waals surface area (Å²) in [5.74, 6) is -3.61.